The van der Waals surface area contributed by atoms with Crippen LogP contribution in [0.25, 0.3) is 0 Å². The third kappa shape index (κ3) is 2.68. The fourth-order valence-corrected chi connectivity index (χ4v) is 1.22. The summed E-state index contributed by atoms with van der Waals surface area (Å²) in [5, 5.41) is 22.4. The summed E-state index contributed by atoms with van der Waals surface area (Å²) in [6.07, 6.45) is 0. The fraction of sp³-hybridized carbons (Fsp3) is 0.300. The minimum Gasteiger partial charge on any atom is -0.381 e. The zero-order valence-electron chi connectivity index (χ0n) is 8.80. The molecule has 1 atom stereocenters. The van der Waals surface area contributed by atoms with Gasteiger partial charge in [0.15, 0.2) is 0 Å². The van der Waals surface area contributed by atoms with Crippen LogP contribution in [0.5, 0.6) is 0 Å². The number of hydrogen-bond donors (Lipinski definition) is 2. The van der Waals surface area contributed by atoms with Gasteiger partial charge in [0.25, 0.3) is 5.69 Å². The van der Waals surface area contributed by atoms with E-state index in [1.165, 1.54) is 12.1 Å². The lowest BCUT2D eigenvalue weighted by molar-refractivity contribution is -0.385. The summed E-state index contributed by atoms with van der Waals surface area (Å²) in [4.78, 5) is 10.0. The van der Waals surface area contributed by atoms with Crippen LogP contribution >= 0.6 is 0 Å². The van der Waals surface area contributed by atoms with Crippen LogP contribution in [0.3, 0.4) is 0 Å². The number of nitrogens with one attached hydrogen (secondary N) is 1. The van der Waals surface area contributed by atoms with Crippen molar-refractivity contribution in [1.29, 1.82) is 5.26 Å². The quantitative estimate of drug-likeness (QED) is 0.586. The van der Waals surface area contributed by atoms with Crippen molar-refractivity contribution in [2.75, 3.05) is 11.9 Å². The fourth-order valence-electron chi connectivity index (χ4n) is 1.22. The molecule has 1 aromatic rings. The number of nitrogens with two attached hydrogens (primary N) is 1. The molecule has 0 bridgehead atoms. The van der Waals surface area contributed by atoms with Crippen LogP contribution in [-0.2, 0) is 0 Å². The summed E-state index contributed by atoms with van der Waals surface area (Å²) < 4.78 is 0. The van der Waals surface area contributed by atoms with Gasteiger partial charge in [-0.3, -0.25) is 10.1 Å². The molecule has 0 aliphatic rings. The zero-order valence-corrected chi connectivity index (χ0v) is 8.80. The maximum Gasteiger partial charge on any atom is 0.287 e. The minimum atomic E-state index is -0.575. The van der Waals surface area contributed by atoms with Gasteiger partial charge in [0.05, 0.1) is 4.92 Å². The van der Waals surface area contributed by atoms with Gasteiger partial charge in [0, 0.05) is 24.3 Å². The number of benzene rings is 1. The molecule has 0 amide bonds. The van der Waals surface area contributed by atoms with Crippen molar-refractivity contribution in [1.82, 2.24) is 0 Å². The van der Waals surface area contributed by atoms with Gasteiger partial charge in [0.2, 0.25) is 0 Å². The van der Waals surface area contributed by atoms with E-state index in [2.05, 4.69) is 5.32 Å². The average Bonchev–Trinajstić information content (AvgIpc) is 2.28. The van der Waals surface area contributed by atoms with E-state index in [4.69, 9.17) is 11.0 Å². The molecule has 6 nitrogen and oxygen atoms in total. The van der Waals surface area contributed by atoms with Gasteiger partial charge in [-0.2, -0.15) is 5.26 Å². The molecular formula is C10H12N4O2. The van der Waals surface area contributed by atoms with Gasteiger partial charge >= 0.3 is 0 Å². The summed E-state index contributed by atoms with van der Waals surface area (Å²) in [7, 11) is 0. The van der Waals surface area contributed by atoms with Gasteiger partial charge in [-0.05, 0) is 19.1 Å². The molecule has 0 heterocycles. The van der Waals surface area contributed by atoms with Gasteiger partial charge in [-0.15, -0.1) is 0 Å². The normalized spacial score (nSPS) is 11.6. The molecule has 0 saturated heterocycles. The number of rotatable bonds is 4. The van der Waals surface area contributed by atoms with Gasteiger partial charge in [-0.1, -0.05) is 0 Å². The largest absolute Gasteiger partial charge is 0.381 e. The Morgan fingerprint density at radius 1 is 1.69 bits per heavy atom. The van der Waals surface area contributed by atoms with Crippen molar-refractivity contribution in [3.63, 3.8) is 0 Å². The smallest absolute Gasteiger partial charge is 0.287 e. The average molecular weight is 220 g/mol. The van der Waals surface area contributed by atoms with E-state index in [1.54, 1.807) is 12.1 Å². The predicted octanol–water partition coefficient (Wildman–Crippen LogP) is 1.23. The maximum atomic E-state index is 10.6. The van der Waals surface area contributed by atoms with E-state index in [0.29, 0.717) is 12.2 Å². The number of nitro benzene ring substituents is 1. The summed E-state index contributed by atoms with van der Waals surface area (Å²) >= 11 is 0. The molecule has 84 valence electrons. The predicted molar refractivity (Wildman–Crippen MR) is 60.0 cm³/mol. The van der Waals surface area contributed by atoms with Gasteiger partial charge in [0.1, 0.15) is 11.6 Å². The summed E-state index contributed by atoms with van der Waals surface area (Å²) in [6.45, 7) is 2.33. The Hall–Kier alpha value is -2.13. The van der Waals surface area contributed by atoms with Crippen LogP contribution < -0.4 is 11.1 Å². The Bertz CT molecular complexity index is 439. The highest BCUT2D eigenvalue weighted by Gasteiger charge is 2.13. The first-order valence-electron chi connectivity index (χ1n) is 4.73. The van der Waals surface area contributed by atoms with Crippen molar-refractivity contribution >= 4 is 11.4 Å². The summed E-state index contributed by atoms with van der Waals surface area (Å²) in [5.74, 6) is 0. The van der Waals surface area contributed by atoms with Crippen LogP contribution in [-0.4, -0.2) is 17.5 Å². The first-order chi connectivity index (χ1) is 7.58. The van der Waals surface area contributed by atoms with Crippen LogP contribution in [0.4, 0.5) is 11.4 Å². The molecule has 0 radical (unpaired) electrons. The lowest BCUT2D eigenvalue weighted by Crippen LogP contribution is -2.25. The molecule has 0 aliphatic carbocycles. The summed E-state index contributed by atoms with van der Waals surface area (Å²) in [5.41, 5.74) is 5.94. The standard InChI is InChI=1S/C10H12N4O2/c1-7(5-11)13-9-2-3-10(14(15)16)8(4-9)6-12/h2-4,7,13H,5,11H2,1H3. The summed E-state index contributed by atoms with van der Waals surface area (Å²) in [6, 6.07) is 6.16. The SMILES string of the molecule is CC(CN)Nc1ccc([N+](=O)[O-])c(C#N)c1. The first-order valence-corrected chi connectivity index (χ1v) is 4.73. The molecule has 6 heteroatoms. The van der Waals surface area contributed by atoms with E-state index < -0.39 is 4.92 Å². The third-order valence-corrected chi connectivity index (χ3v) is 2.08. The minimum absolute atomic E-state index is 0.0409. The number of anilines is 1. The Balaban J connectivity index is 3.01. The van der Waals surface area contributed by atoms with Crippen LogP contribution in [0.1, 0.15) is 12.5 Å². The second-order valence-electron chi connectivity index (χ2n) is 3.38. The van der Waals surface area contributed by atoms with E-state index >= 15 is 0 Å². The molecule has 1 rings (SSSR count). The Labute approximate surface area is 92.8 Å². The number of nitrogens with zero attached hydrogens (tertiary/aromatic N) is 2. The monoisotopic (exact) mass is 220 g/mol. The maximum absolute atomic E-state index is 10.6. The molecule has 3 N–H and O–H groups in total. The van der Waals surface area contributed by atoms with Crippen molar-refractivity contribution in [2.24, 2.45) is 5.73 Å². The zero-order chi connectivity index (χ0) is 12.1. The van der Waals surface area contributed by atoms with Crippen LogP contribution in [0.2, 0.25) is 0 Å². The lowest BCUT2D eigenvalue weighted by Gasteiger charge is -2.12. The molecule has 0 aromatic heterocycles. The third-order valence-electron chi connectivity index (χ3n) is 2.08. The number of hydrogen-bond acceptors (Lipinski definition) is 5. The van der Waals surface area contributed by atoms with E-state index in [1.807, 2.05) is 6.92 Å². The Morgan fingerprint density at radius 3 is 2.88 bits per heavy atom. The highest BCUT2D eigenvalue weighted by Crippen LogP contribution is 2.22. The van der Waals surface area contributed by atoms with E-state index in [-0.39, 0.29) is 17.3 Å². The topological polar surface area (TPSA) is 105 Å². The number of nitriles is 1. The molecule has 0 aliphatic heterocycles. The van der Waals surface area contributed by atoms with Gasteiger partial charge < -0.3 is 11.1 Å². The van der Waals surface area contributed by atoms with Crippen molar-refractivity contribution in [3.05, 3.63) is 33.9 Å². The van der Waals surface area contributed by atoms with Crippen molar-refractivity contribution in [2.45, 2.75) is 13.0 Å². The van der Waals surface area contributed by atoms with Crippen LogP contribution in [0, 0.1) is 21.4 Å². The molecule has 0 spiro atoms. The second-order valence-corrected chi connectivity index (χ2v) is 3.38. The van der Waals surface area contributed by atoms with Crippen molar-refractivity contribution in [3.8, 4) is 6.07 Å². The number of nitro groups is 1. The first kappa shape index (κ1) is 11.9. The molecule has 16 heavy (non-hydrogen) atoms. The molecule has 0 fully saturated rings. The Kier molecular flexibility index (Phi) is 3.80. The lowest BCUT2D eigenvalue weighted by atomic mass is 10.1. The molecule has 1 aromatic carbocycles. The second kappa shape index (κ2) is 5.09. The Morgan fingerprint density at radius 2 is 2.38 bits per heavy atom. The molecule has 0 saturated carbocycles. The van der Waals surface area contributed by atoms with Crippen LogP contribution in [0.15, 0.2) is 18.2 Å². The molecular weight excluding hydrogens is 208 g/mol. The van der Waals surface area contributed by atoms with Crippen molar-refractivity contribution < 1.29 is 4.92 Å². The molecule has 1 unspecified atom stereocenters. The van der Waals surface area contributed by atoms with E-state index in [9.17, 15) is 10.1 Å². The highest BCUT2D eigenvalue weighted by atomic mass is 16.6. The highest BCUT2D eigenvalue weighted by molar-refractivity contribution is 5.58. The van der Waals surface area contributed by atoms with E-state index in [0.717, 1.165) is 0 Å². The van der Waals surface area contributed by atoms with Gasteiger partial charge in [-0.25, -0.2) is 0 Å².